The lowest BCUT2D eigenvalue weighted by Crippen LogP contribution is -2.30. The van der Waals surface area contributed by atoms with Crippen molar-refractivity contribution in [1.82, 2.24) is 0 Å². The van der Waals surface area contributed by atoms with Crippen LogP contribution in [0.2, 0.25) is 0 Å². The lowest BCUT2D eigenvalue weighted by atomic mass is 9.91. The summed E-state index contributed by atoms with van der Waals surface area (Å²) in [6.07, 6.45) is 13.8. The van der Waals surface area contributed by atoms with E-state index >= 15 is 0 Å². The maximum Gasteiger partial charge on any atom is 0.157 e. The van der Waals surface area contributed by atoms with E-state index in [2.05, 4.69) is 27.7 Å². The first-order valence-corrected chi connectivity index (χ1v) is 10.8. The highest BCUT2D eigenvalue weighted by Crippen LogP contribution is 2.22. The monoisotopic (exact) mass is 354 g/mol. The molecule has 0 aromatic heterocycles. The van der Waals surface area contributed by atoms with Gasteiger partial charge in [0.2, 0.25) is 0 Å². The molecule has 1 aliphatic heterocycles. The number of carbonyl (C=O) groups excluding carboxylic acids is 1. The van der Waals surface area contributed by atoms with Gasteiger partial charge in [-0.05, 0) is 38.0 Å². The number of ketones is 1. The van der Waals surface area contributed by atoms with Crippen molar-refractivity contribution in [2.24, 2.45) is 11.8 Å². The smallest absolute Gasteiger partial charge is 0.157 e. The molecule has 1 rings (SSSR count). The Labute approximate surface area is 156 Å². The van der Waals surface area contributed by atoms with Crippen LogP contribution in [0.25, 0.3) is 0 Å². The average molecular weight is 355 g/mol. The third-order valence-corrected chi connectivity index (χ3v) is 5.48. The van der Waals surface area contributed by atoms with Crippen molar-refractivity contribution in [3.63, 3.8) is 0 Å². The van der Waals surface area contributed by atoms with Crippen LogP contribution < -0.4 is 0 Å². The van der Waals surface area contributed by atoms with Crippen LogP contribution in [0.15, 0.2) is 0 Å². The summed E-state index contributed by atoms with van der Waals surface area (Å²) >= 11 is 0. The summed E-state index contributed by atoms with van der Waals surface area (Å²) in [5.41, 5.74) is 0. The van der Waals surface area contributed by atoms with Gasteiger partial charge in [0.1, 0.15) is 5.78 Å². The van der Waals surface area contributed by atoms with Crippen LogP contribution in [-0.2, 0) is 14.3 Å². The molecule has 0 N–H and O–H groups in total. The van der Waals surface area contributed by atoms with Crippen LogP contribution in [0, 0.1) is 11.8 Å². The van der Waals surface area contributed by atoms with Crippen molar-refractivity contribution in [2.45, 2.75) is 117 Å². The van der Waals surface area contributed by atoms with Crippen molar-refractivity contribution in [2.75, 3.05) is 6.61 Å². The molecule has 0 aliphatic carbocycles. The second kappa shape index (κ2) is 13.7. The van der Waals surface area contributed by atoms with E-state index in [1.165, 1.54) is 51.4 Å². The number of Topliss-reactive ketones (excluding diaryl/α,β-unsaturated/α-hetero) is 1. The van der Waals surface area contributed by atoms with Crippen LogP contribution in [0.1, 0.15) is 105 Å². The topological polar surface area (TPSA) is 35.5 Å². The number of ether oxygens (including phenoxy) is 2. The fourth-order valence-electron chi connectivity index (χ4n) is 3.56. The van der Waals surface area contributed by atoms with Gasteiger partial charge in [0.25, 0.3) is 0 Å². The van der Waals surface area contributed by atoms with E-state index in [4.69, 9.17) is 9.47 Å². The molecule has 148 valence electrons. The van der Waals surface area contributed by atoms with Crippen LogP contribution >= 0.6 is 0 Å². The molecule has 1 fully saturated rings. The summed E-state index contributed by atoms with van der Waals surface area (Å²) in [5.74, 6) is 1.18. The number of unbranched alkanes of at least 4 members (excludes halogenated alkanes) is 5. The fourth-order valence-corrected chi connectivity index (χ4v) is 3.56. The van der Waals surface area contributed by atoms with E-state index in [0.29, 0.717) is 18.1 Å². The van der Waals surface area contributed by atoms with Gasteiger partial charge < -0.3 is 9.47 Å². The lowest BCUT2D eigenvalue weighted by molar-refractivity contribution is -0.193. The molecule has 0 spiro atoms. The van der Waals surface area contributed by atoms with Gasteiger partial charge in [0.15, 0.2) is 6.29 Å². The quantitative estimate of drug-likeness (QED) is 0.344. The highest BCUT2D eigenvalue weighted by Gasteiger charge is 2.23. The molecular weight excluding hydrogens is 312 g/mol. The first-order chi connectivity index (χ1) is 12.0. The average Bonchev–Trinajstić information content (AvgIpc) is 2.58. The molecule has 1 unspecified atom stereocenters. The zero-order chi connectivity index (χ0) is 18.5. The summed E-state index contributed by atoms with van der Waals surface area (Å²) in [4.78, 5) is 12.3. The summed E-state index contributed by atoms with van der Waals surface area (Å²) in [6.45, 7) is 9.49. The Kier molecular flexibility index (Phi) is 12.4. The molecule has 1 saturated heterocycles. The van der Waals surface area contributed by atoms with Gasteiger partial charge in [0.05, 0.1) is 6.10 Å². The maximum atomic E-state index is 12.3. The van der Waals surface area contributed by atoms with Crippen molar-refractivity contribution in [3.8, 4) is 0 Å². The van der Waals surface area contributed by atoms with Gasteiger partial charge >= 0.3 is 0 Å². The molecule has 1 aliphatic rings. The van der Waals surface area contributed by atoms with Crippen molar-refractivity contribution < 1.29 is 14.3 Å². The molecule has 4 atom stereocenters. The number of rotatable bonds is 14. The van der Waals surface area contributed by atoms with Gasteiger partial charge in [-0.15, -0.1) is 0 Å². The van der Waals surface area contributed by atoms with Crippen molar-refractivity contribution in [3.05, 3.63) is 0 Å². The second-order valence-electron chi connectivity index (χ2n) is 8.22. The molecule has 25 heavy (non-hydrogen) atoms. The Morgan fingerprint density at radius 2 is 1.76 bits per heavy atom. The first-order valence-electron chi connectivity index (χ1n) is 10.8. The van der Waals surface area contributed by atoms with Crippen LogP contribution in [0.4, 0.5) is 0 Å². The Hall–Kier alpha value is -0.410. The third kappa shape index (κ3) is 11.0. The van der Waals surface area contributed by atoms with Crippen LogP contribution in [0.5, 0.6) is 0 Å². The molecule has 3 heteroatoms. The number of hydrogen-bond donors (Lipinski definition) is 0. The van der Waals surface area contributed by atoms with E-state index in [1.54, 1.807) is 0 Å². The lowest BCUT2D eigenvalue weighted by Gasteiger charge is -2.28. The molecule has 3 nitrogen and oxygen atoms in total. The van der Waals surface area contributed by atoms with E-state index in [1.807, 2.05) is 0 Å². The minimum absolute atomic E-state index is 0.0621. The largest absolute Gasteiger partial charge is 0.353 e. The van der Waals surface area contributed by atoms with Crippen molar-refractivity contribution in [1.29, 1.82) is 0 Å². The first kappa shape index (κ1) is 22.6. The van der Waals surface area contributed by atoms with Gasteiger partial charge in [-0.3, -0.25) is 4.79 Å². The van der Waals surface area contributed by atoms with Crippen LogP contribution in [-0.4, -0.2) is 24.8 Å². The molecule has 0 radical (unpaired) electrons. The Bertz CT molecular complexity index is 336. The van der Waals surface area contributed by atoms with Gasteiger partial charge in [-0.25, -0.2) is 0 Å². The van der Waals surface area contributed by atoms with E-state index in [0.717, 1.165) is 25.9 Å². The van der Waals surface area contributed by atoms with E-state index in [9.17, 15) is 4.79 Å². The second-order valence-corrected chi connectivity index (χ2v) is 8.22. The third-order valence-electron chi connectivity index (χ3n) is 5.48. The summed E-state index contributed by atoms with van der Waals surface area (Å²) in [5, 5.41) is 0. The van der Waals surface area contributed by atoms with Gasteiger partial charge in [0, 0.05) is 19.4 Å². The minimum Gasteiger partial charge on any atom is -0.353 e. The molecular formula is C22H42O3. The Morgan fingerprint density at radius 1 is 1.04 bits per heavy atom. The summed E-state index contributed by atoms with van der Waals surface area (Å²) in [7, 11) is 0. The summed E-state index contributed by atoms with van der Waals surface area (Å²) in [6, 6.07) is 0. The SMILES string of the molecule is CCCCCCCC[C@H](C)CC(=O)C[C@H](C)[C@H](C)OC1CCCCO1. The van der Waals surface area contributed by atoms with E-state index in [-0.39, 0.29) is 18.3 Å². The zero-order valence-electron chi connectivity index (χ0n) is 17.2. The maximum absolute atomic E-state index is 12.3. The van der Waals surface area contributed by atoms with Gasteiger partial charge in [-0.1, -0.05) is 65.7 Å². The van der Waals surface area contributed by atoms with Gasteiger partial charge in [-0.2, -0.15) is 0 Å². The molecule has 1 heterocycles. The molecule has 0 aromatic carbocycles. The van der Waals surface area contributed by atoms with Crippen LogP contribution in [0.3, 0.4) is 0 Å². The van der Waals surface area contributed by atoms with E-state index < -0.39 is 0 Å². The Balaban J connectivity index is 2.12. The highest BCUT2D eigenvalue weighted by atomic mass is 16.7. The molecule has 0 aromatic rings. The zero-order valence-corrected chi connectivity index (χ0v) is 17.2. The fraction of sp³-hybridized carbons (Fsp3) is 0.955. The number of carbonyl (C=O) groups is 1. The standard InChI is InChI=1S/C22H42O3/c1-5-6-7-8-9-10-13-18(2)16-21(23)17-19(3)20(4)25-22-14-11-12-15-24-22/h18-20,22H,5-17H2,1-4H3/t18-,19-,20-,22?/m0/s1. The minimum atomic E-state index is -0.0621. The molecule has 0 bridgehead atoms. The predicted octanol–water partition coefficient (Wildman–Crippen LogP) is 6.29. The van der Waals surface area contributed by atoms with Crippen molar-refractivity contribution >= 4 is 5.78 Å². The Morgan fingerprint density at radius 3 is 2.44 bits per heavy atom. The predicted molar refractivity (Wildman–Crippen MR) is 105 cm³/mol. The summed E-state index contributed by atoms with van der Waals surface area (Å²) < 4.78 is 11.6. The normalized spacial score (nSPS) is 21.7. The number of hydrogen-bond acceptors (Lipinski definition) is 3. The molecule has 0 amide bonds. The molecule has 0 saturated carbocycles. The highest BCUT2D eigenvalue weighted by molar-refractivity contribution is 5.78.